The first-order chi connectivity index (χ1) is 15.9. The molecule has 33 heavy (non-hydrogen) atoms. The van der Waals surface area contributed by atoms with Crippen molar-refractivity contribution in [2.75, 3.05) is 11.9 Å². The van der Waals surface area contributed by atoms with Gasteiger partial charge in [0.25, 0.3) is 5.91 Å². The fourth-order valence-electron chi connectivity index (χ4n) is 3.05. The summed E-state index contributed by atoms with van der Waals surface area (Å²) in [6, 6.07) is 17.0. The second kappa shape index (κ2) is 9.93. The van der Waals surface area contributed by atoms with E-state index in [0.29, 0.717) is 32.0 Å². The maximum absolute atomic E-state index is 12.6. The van der Waals surface area contributed by atoms with Crippen molar-refractivity contribution in [1.82, 2.24) is 9.97 Å². The molecule has 0 saturated heterocycles. The lowest BCUT2D eigenvalue weighted by Crippen LogP contribution is -2.21. The number of halogens is 2. The van der Waals surface area contributed by atoms with Crippen molar-refractivity contribution in [2.45, 2.75) is 6.61 Å². The van der Waals surface area contributed by atoms with Crippen molar-refractivity contribution >= 4 is 56.1 Å². The Labute approximate surface area is 201 Å². The van der Waals surface area contributed by atoms with Crippen molar-refractivity contribution in [3.05, 3.63) is 91.8 Å². The summed E-state index contributed by atoms with van der Waals surface area (Å²) in [7, 11) is 0. The minimum absolute atomic E-state index is 0.201. The molecule has 0 atom stereocenters. The van der Waals surface area contributed by atoms with Crippen LogP contribution in [0, 0.1) is 0 Å². The minimum Gasteiger partial charge on any atom is -0.488 e. The van der Waals surface area contributed by atoms with Crippen molar-refractivity contribution < 1.29 is 19.1 Å². The van der Waals surface area contributed by atoms with Crippen LogP contribution in [0.1, 0.15) is 15.9 Å². The third-order valence-electron chi connectivity index (χ3n) is 4.63. The van der Waals surface area contributed by atoms with Gasteiger partial charge in [0, 0.05) is 9.50 Å². The molecule has 1 aromatic heterocycles. The van der Waals surface area contributed by atoms with Gasteiger partial charge in [0.2, 0.25) is 0 Å². The van der Waals surface area contributed by atoms with Crippen LogP contribution in [0.2, 0.25) is 5.02 Å². The van der Waals surface area contributed by atoms with E-state index in [1.165, 1.54) is 0 Å². The summed E-state index contributed by atoms with van der Waals surface area (Å²) in [6.45, 7) is -0.266. The lowest BCUT2D eigenvalue weighted by atomic mass is 10.2. The van der Waals surface area contributed by atoms with Crippen molar-refractivity contribution in [1.29, 1.82) is 0 Å². The molecule has 0 saturated carbocycles. The molecule has 168 valence electrons. The number of aromatic amines is 2. The number of imidazole rings is 1. The van der Waals surface area contributed by atoms with Crippen LogP contribution in [0.3, 0.4) is 0 Å². The Balaban J connectivity index is 1.37. The zero-order chi connectivity index (χ0) is 23.4. The topological polar surface area (TPSA) is 113 Å². The number of amides is 1. The highest BCUT2D eigenvalue weighted by Crippen LogP contribution is 2.26. The quantitative estimate of drug-likeness (QED) is 0.301. The van der Waals surface area contributed by atoms with Crippen molar-refractivity contribution in [2.24, 2.45) is 0 Å². The SMILES string of the molecule is O=C(COC(=O)c1ccccc1OCc1ccc(Cl)cc1)Nc1cc2[nH]c(=O)[nH]c2cc1Br. The van der Waals surface area contributed by atoms with Crippen LogP contribution >= 0.6 is 27.5 Å². The van der Waals surface area contributed by atoms with E-state index in [1.54, 1.807) is 48.5 Å². The molecule has 0 bridgehead atoms. The first-order valence-corrected chi connectivity index (χ1v) is 10.9. The van der Waals surface area contributed by atoms with Crippen LogP contribution in [-0.4, -0.2) is 28.5 Å². The molecule has 1 heterocycles. The van der Waals surface area contributed by atoms with Gasteiger partial charge in [-0.2, -0.15) is 0 Å². The van der Waals surface area contributed by atoms with Gasteiger partial charge in [-0.3, -0.25) is 4.79 Å². The normalized spacial score (nSPS) is 10.7. The molecule has 0 radical (unpaired) electrons. The Bertz CT molecular complexity index is 1380. The largest absolute Gasteiger partial charge is 0.488 e. The summed E-state index contributed by atoms with van der Waals surface area (Å²) in [5, 5.41) is 3.26. The van der Waals surface area contributed by atoms with Gasteiger partial charge < -0.3 is 24.8 Å². The molecule has 0 fully saturated rings. The maximum atomic E-state index is 12.6. The predicted octanol–water partition coefficient (Wildman–Crippen LogP) is 4.65. The van der Waals surface area contributed by atoms with E-state index in [1.807, 2.05) is 12.1 Å². The molecule has 3 aromatic carbocycles. The molecule has 8 nitrogen and oxygen atoms in total. The Morgan fingerprint density at radius 1 is 1.00 bits per heavy atom. The van der Waals surface area contributed by atoms with Crippen LogP contribution in [0.5, 0.6) is 5.75 Å². The number of hydrogen-bond donors (Lipinski definition) is 3. The molecular formula is C23H17BrClN3O5. The molecule has 0 unspecified atom stereocenters. The smallest absolute Gasteiger partial charge is 0.342 e. The number of nitrogens with one attached hydrogen (secondary N) is 3. The number of aromatic nitrogens is 2. The van der Waals surface area contributed by atoms with Gasteiger partial charge in [0.1, 0.15) is 17.9 Å². The van der Waals surface area contributed by atoms with Gasteiger partial charge in [-0.15, -0.1) is 0 Å². The van der Waals surface area contributed by atoms with Gasteiger partial charge in [-0.25, -0.2) is 9.59 Å². The average Bonchev–Trinajstić information content (AvgIpc) is 3.16. The molecular weight excluding hydrogens is 514 g/mol. The van der Waals surface area contributed by atoms with Crippen LogP contribution in [0.25, 0.3) is 11.0 Å². The van der Waals surface area contributed by atoms with E-state index in [2.05, 4.69) is 31.2 Å². The third-order valence-corrected chi connectivity index (χ3v) is 5.53. The first-order valence-electron chi connectivity index (χ1n) is 9.74. The van der Waals surface area contributed by atoms with Crippen molar-refractivity contribution in [3.8, 4) is 5.75 Å². The Hall–Kier alpha value is -3.56. The van der Waals surface area contributed by atoms with Gasteiger partial charge in [0.15, 0.2) is 6.61 Å². The summed E-state index contributed by atoms with van der Waals surface area (Å²) < 4.78 is 11.5. The fourth-order valence-corrected chi connectivity index (χ4v) is 3.62. The Morgan fingerprint density at radius 3 is 2.45 bits per heavy atom. The van der Waals surface area contributed by atoms with Crippen LogP contribution in [0.4, 0.5) is 5.69 Å². The average molecular weight is 531 g/mol. The molecule has 0 aliphatic rings. The van der Waals surface area contributed by atoms with Gasteiger partial charge >= 0.3 is 11.7 Å². The monoisotopic (exact) mass is 529 g/mol. The van der Waals surface area contributed by atoms with Crippen LogP contribution < -0.4 is 15.7 Å². The second-order valence-electron chi connectivity index (χ2n) is 6.99. The van der Waals surface area contributed by atoms with Gasteiger partial charge in [-0.1, -0.05) is 35.9 Å². The molecule has 0 spiro atoms. The number of hydrogen-bond acceptors (Lipinski definition) is 5. The summed E-state index contributed by atoms with van der Waals surface area (Å²) in [5.41, 5.74) is 2.27. The molecule has 0 aliphatic heterocycles. The molecule has 4 rings (SSSR count). The standard InChI is InChI=1S/C23H17BrClN3O5/c24-16-9-18-19(28-23(31)27-18)10-17(16)26-21(29)12-33-22(30)15-3-1-2-4-20(15)32-11-13-5-7-14(25)8-6-13/h1-10H,11-12H2,(H,26,29)(H2,27,28,31). The highest BCUT2D eigenvalue weighted by atomic mass is 79.9. The van der Waals surface area contributed by atoms with Crippen LogP contribution in [-0.2, 0) is 16.1 Å². The highest BCUT2D eigenvalue weighted by molar-refractivity contribution is 9.10. The maximum Gasteiger partial charge on any atom is 0.342 e. The first kappa shape index (κ1) is 22.6. The zero-order valence-electron chi connectivity index (χ0n) is 17.0. The summed E-state index contributed by atoms with van der Waals surface area (Å²) in [4.78, 5) is 41.6. The number of carbonyl (C=O) groups excluding carboxylic acids is 2. The number of carbonyl (C=O) groups is 2. The molecule has 4 aromatic rings. The van der Waals surface area contributed by atoms with E-state index in [0.717, 1.165) is 5.56 Å². The van der Waals surface area contributed by atoms with E-state index in [-0.39, 0.29) is 17.9 Å². The molecule has 3 N–H and O–H groups in total. The van der Waals surface area contributed by atoms with Crippen molar-refractivity contribution in [3.63, 3.8) is 0 Å². The van der Waals surface area contributed by atoms with Gasteiger partial charge in [-0.05, 0) is 57.9 Å². The fraction of sp³-hybridized carbons (Fsp3) is 0.0870. The van der Waals surface area contributed by atoms with E-state index in [4.69, 9.17) is 21.1 Å². The number of H-pyrrole nitrogens is 2. The number of benzene rings is 3. The predicted molar refractivity (Wildman–Crippen MR) is 128 cm³/mol. The lowest BCUT2D eigenvalue weighted by Gasteiger charge is -2.12. The number of esters is 1. The van der Waals surface area contributed by atoms with E-state index in [9.17, 15) is 14.4 Å². The summed E-state index contributed by atoms with van der Waals surface area (Å²) in [5.74, 6) is -0.898. The number of ether oxygens (including phenoxy) is 2. The summed E-state index contributed by atoms with van der Waals surface area (Å²) >= 11 is 9.23. The van der Waals surface area contributed by atoms with Crippen LogP contribution in [0.15, 0.2) is 69.9 Å². The Morgan fingerprint density at radius 2 is 1.70 bits per heavy atom. The molecule has 1 amide bonds. The summed E-state index contributed by atoms with van der Waals surface area (Å²) in [6.07, 6.45) is 0. The number of rotatable bonds is 7. The lowest BCUT2D eigenvalue weighted by molar-refractivity contribution is -0.119. The number of para-hydroxylation sites is 1. The Kier molecular flexibility index (Phi) is 6.81. The zero-order valence-corrected chi connectivity index (χ0v) is 19.3. The third kappa shape index (κ3) is 5.63. The second-order valence-corrected chi connectivity index (χ2v) is 8.28. The number of anilines is 1. The number of fused-ring (bicyclic) bond motifs is 1. The molecule has 0 aliphatic carbocycles. The highest BCUT2D eigenvalue weighted by Gasteiger charge is 2.16. The van der Waals surface area contributed by atoms with E-state index >= 15 is 0 Å². The van der Waals surface area contributed by atoms with Gasteiger partial charge in [0.05, 0.1) is 16.7 Å². The van der Waals surface area contributed by atoms with E-state index < -0.39 is 18.5 Å². The minimum atomic E-state index is -0.693. The molecule has 10 heteroatoms.